The monoisotopic (exact) mass is 1110 g/mol. The van der Waals surface area contributed by atoms with E-state index in [2.05, 4.69) is 124 Å². The minimum absolute atomic E-state index is 0.100. The van der Waals surface area contributed by atoms with Crippen molar-refractivity contribution >= 4 is 17.9 Å². The largest absolute Gasteiger partial charge is 0.462 e. The standard InChI is InChI=1S/C74H126O6/c1-4-7-10-13-16-19-22-25-27-28-29-30-31-32-33-34-35-36-37-38-39-40-41-42-43-44-45-46-47-50-52-55-58-61-64-67-73(76)79-70-71(69-78-72(75)66-63-60-57-54-51-48-24-21-18-15-12-9-6-3)80-74(77)68-65-62-59-56-53-49-26-23-20-17-14-11-8-5-2/h7,9-10,12,16,18-19,21,23,25-27,29-30,48,51,57,60,71H,4-6,8,11,13-15,17,20,22,24,28,31-47,49-50,52-56,58-59,61-70H2,1-3H3/b10-7-,12-9-,19-16-,21-18-,26-23-,27-25-,30-29-,51-48-,60-57-. The highest BCUT2D eigenvalue weighted by molar-refractivity contribution is 5.71. The maximum atomic E-state index is 12.9. The van der Waals surface area contributed by atoms with Crippen LogP contribution in [0.4, 0.5) is 0 Å². The number of esters is 3. The van der Waals surface area contributed by atoms with E-state index in [9.17, 15) is 14.4 Å². The van der Waals surface area contributed by atoms with Gasteiger partial charge in [0.2, 0.25) is 0 Å². The highest BCUT2D eigenvalue weighted by Crippen LogP contribution is 2.17. The quantitative estimate of drug-likeness (QED) is 0.0261. The van der Waals surface area contributed by atoms with Crippen LogP contribution in [0.1, 0.15) is 323 Å². The molecule has 0 N–H and O–H groups in total. The first-order valence-corrected chi connectivity index (χ1v) is 33.9. The van der Waals surface area contributed by atoms with Crippen LogP contribution in [0.15, 0.2) is 109 Å². The molecule has 0 aromatic heterocycles. The van der Waals surface area contributed by atoms with Crippen molar-refractivity contribution in [2.45, 2.75) is 329 Å². The molecule has 0 bridgehead atoms. The predicted molar refractivity (Wildman–Crippen MR) is 348 cm³/mol. The lowest BCUT2D eigenvalue weighted by Crippen LogP contribution is -2.30. The van der Waals surface area contributed by atoms with Crippen LogP contribution in [0, 0.1) is 0 Å². The summed E-state index contributed by atoms with van der Waals surface area (Å²) in [7, 11) is 0. The Hall–Kier alpha value is -3.93. The number of hydrogen-bond acceptors (Lipinski definition) is 6. The number of unbranched alkanes of at least 4 members (excludes halogenated alkanes) is 32. The Kier molecular flexibility index (Phi) is 64.3. The zero-order chi connectivity index (χ0) is 57.8. The molecular weight excluding hydrogens is 985 g/mol. The van der Waals surface area contributed by atoms with E-state index in [-0.39, 0.29) is 37.5 Å². The number of rotatable bonds is 61. The van der Waals surface area contributed by atoms with Crippen molar-refractivity contribution < 1.29 is 28.6 Å². The lowest BCUT2D eigenvalue weighted by molar-refractivity contribution is -0.166. The Balaban J connectivity index is 4.11. The van der Waals surface area contributed by atoms with Crippen molar-refractivity contribution in [2.24, 2.45) is 0 Å². The lowest BCUT2D eigenvalue weighted by atomic mass is 10.0. The lowest BCUT2D eigenvalue weighted by Gasteiger charge is -2.18. The molecule has 0 amide bonds. The van der Waals surface area contributed by atoms with Crippen LogP contribution in [0.25, 0.3) is 0 Å². The van der Waals surface area contributed by atoms with E-state index in [1.165, 1.54) is 173 Å². The molecule has 0 aromatic carbocycles. The van der Waals surface area contributed by atoms with Crippen molar-refractivity contribution in [3.63, 3.8) is 0 Å². The summed E-state index contributed by atoms with van der Waals surface area (Å²) in [5.41, 5.74) is 0. The van der Waals surface area contributed by atoms with Crippen LogP contribution in [0.5, 0.6) is 0 Å². The van der Waals surface area contributed by atoms with Gasteiger partial charge in [0, 0.05) is 19.3 Å². The number of carbonyl (C=O) groups excluding carboxylic acids is 3. The smallest absolute Gasteiger partial charge is 0.306 e. The molecular formula is C74H126O6. The molecule has 458 valence electrons. The van der Waals surface area contributed by atoms with Gasteiger partial charge in [0.05, 0.1) is 0 Å². The molecule has 0 aromatic rings. The van der Waals surface area contributed by atoms with Crippen molar-refractivity contribution in [3.05, 3.63) is 109 Å². The second kappa shape index (κ2) is 67.6. The van der Waals surface area contributed by atoms with Gasteiger partial charge < -0.3 is 14.2 Å². The summed E-state index contributed by atoms with van der Waals surface area (Å²) >= 11 is 0. The fourth-order valence-electron chi connectivity index (χ4n) is 9.50. The summed E-state index contributed by atoms with van der Waals surface area (Å²) in [4.78, 5) is 38.2. The van der Waals surface area contributed by atoms with Crippen molar-refractivity contribution in [1.82, 2.24) is 0 Å². The number of allylic oxidation sites excluding steroid dienone is 18. The highest BCUT2D eigenvalue weighted by atomic mass is 16.6. The highest BCUT2D eigenvalue weighted by Gasteiger charge is 2.19. The minimum Gasteiger partial charge on any atom is -0.462 e. The van der Waals surface area contributed by atoms with Crippen LogP contribution >= 0.6 is 0 Å². The molecule has 0 heterocycles. The van der Waals surface area contributed by atoms with E-state index >= 15 is 0 Å². The average Bonchev–Trinajstić information content (AvgIpc) is 3.46. The summed E-state index contributed by atoms with van der Waals surface area (Å²) < 4.78 is 16.8. The van der Waals surface area contributed by atoms with Gasteiger partial charge in [0.25, 0.3) is 0 Å². The van der Waals surface area contributed by atoms with Gasteiger partial charge in [0.15, 0.2) is 6.10 Å². The first-order valence-electron chi connectivity index (χ1n) is 33.9. The molecule has 0 aliphatic heterocycles. The predicted octanol–water partition coefficient (Wildman–Crippen LogP) is 23.4. The van der Waals surface area contributed by atoms with Crippen LogP contribution in [-0.4, -0.2) is 37.2 Å². The second-order valence-corrected chi connectivity index (χ2v) is 22.3. The molecule has 0 aliphatic carbocycles. The fourth-order valence-corrected chi connectivity index (χ4v) is 9.50. The molecule has 0 fully saturated rings. The van der Waals surface area contributed by atoms with Gasteiger partial charge in [-0.1, -0.05) is 304 Å². The Morgan fingerprint density at radius 3 is 0.850 bits per heavy atom. The van der Waals surface area contributed by atoms with Gasteiger partial charge in [-0.15, -0.1) is 0 Å². The van der Waals surface area contributed by atoms with Crippen molar-refractivity contribution in [3.8, 4) is 0 Å². The summed E-state index contributed by atoms with van der Waals surface area (Å²) in [6.07, 6.45) is 92.9. The van der Waals surface area contributed by atoms with Crippen LogP contribution in [0.3, 0.4) is 0 Å². The van der Waals surface area contributed by atoms with Gasteiger partial charge >= 0.3 is 17.9 Å². The Morgan fingerprint density at radius 2 is 0.512 bits per heavy atom. The molecule has 6 nitrogen and oxygen atoms in total. The Labute approximate surface area is 495 Å². The third kappa shape index (κ3) is 64.9. The number of hydrogen-bond donors (Lipinski definition) is 0. The number of carbonyl (C=O) groups is 3. The van der Waals surface area contributed by atoms with Gasteiger partial charge in [-0.05, 0) is 109 Å². The molecule has 0 rings (SSSR count). The third-order valence-corrected chi connectivity index (χ3v) is 14.5. The molecule has 1 atom stereocenters. The van der Waals surface area contributed by atoms with E-state index in [0.29, 0.717) is 19.3 Å². The molecule has 0 saturated carbocycles. The van der Waals surface area contributed by atoms with E-state index in [4.69, 9.17) is 14.2 Å². The summed E-state index contributed by atoms with van der Waals surface area (Å²) in [5, 5.41) is 0. The topological polar surface area (TPSA) is 78.9 Å². The van der Waals surface area contributed by atoms with Crippen molar-refractivity contribution in [2.75, 3.05) is 13.2 Å². The summed E-state index contributed by atoms with van der Waals surface area (Å²) in [6.45, 7) is 6.35. The molecule has 0 saturated heterocycles. The van der Waals surface area contributed by atoms with Crippen LogP contribution in [0.2, 0.25) is 0 Å². The molecule has 0 aliphatic rings. The van der Waals surface area contributed by atoms with E-state index < -0.39 is 6.10 Å². The first kappa shape index (κ1) is 76.1. The maximum absolute atomic E-state index is 12.9. The average molecular weight is 1110 g/mol. The molecule has 0 spiro atoms. The normalized spacial score (nSPS) is 12.8. The van der Waals surface area contributed by atoms with Gasteiger partial charge in [-0.3, -0.25) is 14.4 Å². The van der Waals surface area contributed by atoms with E-state index in [1.54, 1.807) is 0 Å². The van der Waals surface area contributed by atoms with Gasteiger partial charge in [-0.25, -0.2) is 0 Å². The minimum atomic E-state index is -0.810. The zero-order valence-electron chi connectivity index (χ0n) is 52.6. The second-order valence-electron chi connectivity index (χ2n) is 22.3. The Bertz CT molecular complexity index is 1610. The molecule has 0 radical (unpaired) electrons. The van der Waals surface area contributed by atoms with Crippen LogP contribution < -0.4 is 0 Å². The molecule has 6 heteroatoms. The molecule has 80 heavy (non-hydrogen) atoms. The van der Waals surface area contributed by atoms with E-state index in [1.807, 2.05) is 6.08 Å². The van der Waals surface area contributed by atoms with E-state index in [0.717, 1.165) is 103 Å². The van der Waals surface area contributed by atoms with Crippen molar-refractivity contribution in [1.29, 1.82) is 0 Å². The zero-order valence-corrected chi connectivity index (χ0v) is 52.6. The first-order chi connectivity index (χ1) is 39.5. The Morgan fingerprint density at radius 1 is 0.263 bits per heavy atom. The van der Waals surface area contributed by atoms with Gasteiger partial charge in [-0.2, -0.15) is 0 Å². The van der Waals surface area contributed by atoms with Gasteiger partial charge in [0.1, 0.15) is 13.2 Å². The SMILES string of the molecule is CC/C=C\C/C=C\C/C=C\C/C=C\CCCCCCCCCCCCCCCCCCCCCCCCC(=O)OCC(COC(=O)CC/C=C\C/C=C\C/C=C\C/C=C\CC)OC(=O)CCCCCCC/C=C\CCCCCCC. The maximum Gasteiger partial charge on any atom is 0.306 e. The molecule has 1 unspecified atom stereocenters. The summed E-state index contributed by atoms with van der Waals surface area (Å²) in [5.74, 6) is -0.984. The number of ether oxygens (including phenoxy) is 3. The fraction of sp³-hybridized carbons (Fsp3) is 0.716. The third-order valence-electron chi connectivity index (χ3n) is 14.5. The van der Waals surface area contributed by atoms with Crippen LogP contribution in [-0.2, 0) is 28.6 Å². The summed E-state index contributed by atoms with van der Waals surface area (Å²) in [6, 6.07) is 0.